The molecule has 0 radical (unpaired) electrons. The molecule has 21 heavy (non-hydrogen) atoms. The van der Waals surface area contributed by atoms with Gasteiger partial charge in [-0.3, -0.25) is 4.98 Å². The molecule has 0 aliphatic rings. The molecular formula is C13H22N4O3S. The van der Waals surface area contributed by atoms with Crippen LogP contribution < -0.4 is 10.6 Å². The third-order valence-electron chi connectivity index (χ3n) is 3.03. The molecule has 1 rings (SSSR count). The smallest absolute Gasteiger partial charge is 0.315 e. The zero-order valence-electron chi connectivity index (χ0n) is 12.5. The fraction of sp³-hybridized carbons (Fsp3) is 0.538. The Labute approximate surface area is 125 Å². The highest BCUT2D eigenvalue weighted by Gasteiger charge is 2.11. The standard InChI is InChI=1S/C13H22N4O3S/c1-11(12-6-4-7-14-10-12)16-13(18)15-8-5-9-17(2)21(3,19)20/h4,6-7,10-11H,5,8-9H2,1-3H3,(H2,15,16,18)/t11-/m1/s1. The van der Waals surface area contributed by atoms with Crippen LogP contribution in [0.1, 0.15) is 24.9 Å². The molecule has 7 nitrogen and oxygen atoms in total. The van der Waals surface area contributed by atoms with Gasteiger partial charge in [0, 0.05) is 32.5 Å². The molecule has 118 valence electrons. The first-order valence-electron chi connectivity index (χ1n) is 6.66. The molecule has 0 aromatic carbocycles. The number of amides is 2. The lowest BCUT2D eigenvalue weighted by Crippen LogP contribution is -2.38. The van der Waals surface area contributed by atoms with Gasteiger partial charge in [-0.2, -0.15) is 0 Å². The number of carbonyl (C=O) groups excluding carboxylic acids is 1. The SMILES string of the molecule is C[C@@H](NC(=O)NCCCN(C)S(C)(=O)=O)c1cccnc1. The largest absolute Gasteiger partial charge is 0.338 e. The third-order valence-corrected chi connectivity index (χ3v) is 4.35. The number of rotatable bonds is 7. The molecule has 0 aliphatic carbocycles. The first-order chi connectivity index (χ1) is 9.80. The molecule has 0 aliphatic heterocycles. The van der Waals surface area contributed by atoms with Crippen molar-refractivity contribution in [3.63, 3.8) is 0 Å². The van der Waals surface area contributed by atoms with Gasteiger partial charge in [-0.25, -0.2) is 17.5 Å². The first-order valence-corrected chi connectivity index (χ1v) is 8.51. The van der Waals surface area contributed by atoms with E-state index < -0.39 is 10.0 Å². The summed E-state index contributed by atoms with van der Waals surface area (Å²) in [6.07, 6.45) is 5.08. The molecule has 2 amide bonds. The molecule has 0 unspecified atom stereocenters. The maximum atomic E-state index is 11.7. The van der Waals surface area contributed by atoms with Crippen LogP contribution in [0, 0.1) is 0 Å². The Morgan fingerprint density at radius 1 is 1.48 bits per heavy atom. The van der Waals surface area contributed by atoms with Crippen molar-refractivity contribution in [1.29, 1.82) is 0 Å². The lowest BCUT2D eigenvalue weighted by Gasteiger charge is -2.16. The van der Waals surface area contributed by atoms with Crippen molar-refractivity contribution >= 4 is 16.1 Å². The van der Waals surface area contributed by atoms with Gasteiger partial charge in [0.25, 0.3) is 0 Å². The van der Waals surface area contributed by atoms with E-state index in [1.54, 1.807) is 12.4 Å². The van der Waals surface area contributed by atoms with E-state index in [4.69, 9.17) is 0 Å². The summed E-state index contributed by atoms with van der Waals surface area (Å²) in [5.41, 5.74) is 0.921. The number of pyridine rings is 1. The number of hydrogen-bond acceptors (Lipinski definition) is 4. The van der Waals surface area contributed by atoms with E-state index in [0.717, 1.165) is 11.8 Å². The Morgan fingerprint density at radius 3 is 2.76 bits per heavy atom. The minimum Gasteiger partial charge on any atom is -0.338 e. The van der Waals surface area contributed by atoms with E-state index in [9.17, 15) is 13.2 Å². The summed E-state index contributed by atoms with van der Waals surface area (Å²) < 4.78 is 23.6. The Kier molecular flexibility index (Phi) is 6.57. The van der Waals surface area contributed by atoms with Crippen molar-refractivity contribution in [2.75, 3.05) is 26.4 Å². The van der Waals surface area contributed by atoms with Gasteiger partial charge in [-0.05, 0) is 25.0 Å². The van der Waals surface area contributed by atoms with Crippen LogP contribution in [0.3, 0.4) is 0 Å². The van der Waals surface area contributed by atoms with Gasteiger partial charge < -0.3 is 10.6 Å². The van der Waals surface area contributed by atoms with Crippen molar-refractivity contribution in [1.82, 2.24) is 19.9 Å². The molecule has 0 bridgehead atoms. The average Bonchev–Trinajstić information content (AvgIpc) is 2.43. The monoisotopic (exact) mass is 314 g/mol. The van der Waals surface area contributed by atoms with Gasteiger partial charge in [0.1, 0.15) is 0 Å². The predicted molar refractivity (Wildman–Crippen MR) is 81.3 cm³/mol. The van der Waals surface area contributed by atoms with Crippen molar-refractivity contribution in [2.24, 2.45) is 0 Å². The molecule has 0 saturated heterocycles. The number of aromatic nitrogens is 1. The highest BCUT2D eigenvalue weighted by Crippen LogP contribution is 2.08. The molecule has 8 heteroatoms. The van der Waals surface area contributed by atoms with E-state index in [1.807, 2.05) is 19.1 Å². The van der Waals surface area contributed by atoms with Crippen LogP contribution in [0.2, 0.25) is 0 Å². The molecule has 0 fully saturated rings. The second-order valence-electron chi connectivity index (χ2n) is 4.85. The van der Waals surface area contributed by atoms with Crippen molar-refractivity contribution in [2.45, 2.75) is 19.4 Å². The van der Waals surface area contributed by atoms with Crippen LogP contribution in [0.5, 0.6) is 0 Å². The van der Waals surface area contributed by atoms with E-state index in [1.165, 1.54) is 11.4 Å². The van der Waals surface area contributed by atoms with Crippen molar-refractivity contribution in [3.8, 4) is 0 Å². The zero-order chi connectivity index (χ0) is 15.9. The second-order valence-corrected chi connectivity index (χ2v) is 6.94. The number of urea groups is 1. The summed E-state index contributed by atoms with van der Waals surface area (Å²) >= 11 is 0. The van der Waals surface area contributed by atoms with Gasteiger partial charge in [0.2, 0.25) is 10.0 Å². The summed E-state index contributed by atoms with van der Waals surface area (Å²) in [5, 5.41) is 5.49. The second kappa shape index (κ2) is 7.94. The number of nitrogens with one attached hydrogen (secondary N) is 2. The highest BCUT2D eigenvalue weighted by atomic mass is 32.2. The summed E-state index contributed by atoms with van der Waals surface area (Å²) in [5.74, 6) is 0. The molecule has 0 spiro atoms. The summed E-state index contributed by atoms with van der Waals surface area (Å²) in [4.78, 5) is 15.7. The van der Waals surface area contributed by atoms with Crippen molar-refractivity contribution < 1.29 is 13.2 Å². The maximum Gasteiger partial charge on any atom is 0.315 e. The maximum absolute atomic E-state index is 11.7. The Morgan fingerprint density at radius 2 is 2.19 bits per heavy atom. The lowest BCUT2D eigenvalue weighted by atomic mass is 10.1. The average molecular weight is 314 g/mol. The van der Waals surface area contributed by atoms with E-state index in [2.05, 4.69) is 15.6 Å². The fourth-order valence-corrected chi connectivity index (χ4v) is 2.09. The zero-order valence-corrected chi connectivity index (χ0v) is 13.4. The van der Waals surface area contributed by atoms with Crippen molar-refractivity contribution in [3.05, 3.63) is 30.1 Å². The first kappa shape index (κ1) is 17.4. The molecule has 1 atom stereocenters. The fourth-order valence-electron chi connectivity index (χ4n) is 1.63. The van der Waals surface area contributed by atoms with E-state index in [0.29, 0.717) is 19.5 Å². The Balaban J connectivity index is 2.26. The summed E-state index contributed by atoms with van der Waals surface area (Å²) in [7, 11) is -1.65. The van der Waals surface area contributed by atoms with E-state index >= 15 is 0 Å². The van der Waals surface area contributed by atoms with E-state index in [-0.39, 0.29) is 12.1 Å². The number of nitrogens with zero attached hydrogens (tertiary/aromatic N) is 2. The van der Waals surface area contributed by atoms with Crippen LogP contribution in [0.25, 0.3) is 0 Å². The van der Waals surface area contributed by atoms with Crippen LogP contribution in [0.15, 0.2) is 24.5 Å². The normalized spacial score (nSPS) is 13.0. The molecular weight excluding hydrogens is 292 g/mol. The quantitative estimate of drug-likeness (QED) is 0.726. The number of hydrogen-bond donors (Lipinski definition) is 2. The van der Waals surface area contributed by atoms with Gasteiger partial charge in [0.15, 0.2) is 0 Å². The van der Waals surface area contributed by atoms with Gasteiger partial charge in [0.05, 0.1) is 12.3 Å². The Bertz CT molecular complexity index is 548. The number of carbonyl (C=O) groups is 1. The number of sulfonamides is 1. The summed E-state index contributed by atoms with van der Waals surface area (Å²) in [6.45, 7) is 2.65. The van der Waals surface area contributed by atoms with Gasteiger partial charge >= 0.3 is 6.03 Å². The van der Waals surface area contributed by atoms with Gasteiger partial charge in [-0.1, -0.05) is 6.07 Å². The third kappa shape index (κ3) is 6.54. The van der Waals surface area contributed by atoms with Crippen LogP contribution in [0.4, 0.5) is 4.79 Å². The minimum atomic E-state index is -3.16. The van der Waals surface area contributed by atoms with Crippen LogP contribution in [-0.2, 0) is 10.0 Å². The minimum absolute atomic E-state index is 0.141. The molecule has 1 heterocycles. The highest BCUT2D eigenvalue weighted by molar-refractivity contribution is 7.88. The molecule has 1 aromatic heterocycles. The lowest BCUT2D eigenvalue weighted by molar-refractivity contribution is 0.237. The topological polar surface area (TPSA) is 91.4 Å². The summed E-state index contributed by atoms with van der Waals surface area (Å²) in [6, 6.07) is 3.27. The molecule has 2 N–H and O–H groups in total. The molecule has 0 saturated carbocycles. The molecule has 1 aromatic rings. The van der Waals surface area contributed by atoms with Gasteiger partial charge in [-0.15, -0.1) is 0 Å². The predicted octanol–water partition coefficient (Wildman–Crippen LogP) is 0.723. The Hall–Kier alpha value is -1.67. The van der Waals surface area contributed by atoms with Crippen LogP contribution in [-0.4, -0.2) is 50.1 Å². The van der Waals surface area contributed by atoms with Crippen LogP contribution >= 0.6 is 0 Å².